The zero-order valence-electron chi connectivity index (χ0n) is 28.6. The zero-order chi connectivity index (χ0) is 35.4. The second-order valence-corrected chi connectivity index (χ2v) is 14.3. The van der Waals surface area contributed by atoms with Gasteiger partial charge in [-0.25, -0.2) is 14.6 Å². The molecule has 15 heteroatoms. The SMILES string of the molecule is C=CCOC(=O)Nc1cccc(C(CCC(=O)OC)N(C(=O)OC(C)(C)C)c2cc(N3CCOCC3)cc(CSc3nnc(CC)s3)n2)c1. The van der Waals surface area contributed by atoms with Crippen LogP contribution in [0.5, 0.6) is 0 Å². The number of ether oxygens (including phenoxy) is 4. The average Bonchev–Trinajstić information content (AvgIpc) is 3.56. The number of nitrogens with zero attached hydrogens (tertiary/aromatic N) is 5. The van der Waals surface area contributed by atoms with E-state index in [0.717, 1.165) is 27.1 Å². The summed E-state index contributed by atoms with van der Waals surface area (Å²) >= 11 is 3.07. The van der Waals surface area contributed by atoms with Crippen LogP contribution in [0, 0.1) is 0 Å². The molecule has 2 amide bonds. The lowest BCUT2D eigenvalue weighted by atomic mass is 9.99. The number of anilines is 3. The quantitative estimate of drug-likeness (QED) is 0.0813. The molecule has 2 aromatic heterocycles. The van der Waals surface area contributed by atoms with E-state index in [4.69, 9.17) is 23.9 Å². The van der Waals surface area contributed by atoms with Crippen LogP contribution in [0.1, 0.15) is 62.8 Å². The van der Waals surface area contributed by atoms with Crippen molar-refractivity contribution in [3.8, 4) is 0 Å². The number of carbonyl (C=O) groups excluding carboxylic acids is 3. The molecular formula is C34H44N6O7S2. The Morgan fingerprint density at radius 3 is 2.63 bits per heavy atom. The van der Waals surface area contributed by atoms with Gasteiger partial charge < -0.3 is 23.8 Å². The fourth-order valence-corrected chi connectivity index (χ4v) is 6.67. The summed E-state index contributed by atoms with van der Waals surface area (Å²) in [6.45, 7) is 13.5. The van der Waals surface area contributed by atoms with E-state index in [1.807, 2.05) is 25.1 Å². The van der Waals surface area contributed by atoms with Crippen molar-refractivity contribution in [3.05, 3.63) is 65.3 Å². The Labute approximate surface area is 295 Å². The number of esters is 1. The largest absolute Gasteiger partial charge is 0.469 e. The number of morpholine rings is 1. The number of carbonyl (C=O) groups is 3. The second-order valence-electron chi connectivity index (χ2n) is 12.0. The minimum Gasteiger partial charge on any atom is -0.469 e. The van der Waals surface area contributed by atoms with Crippen molar-refractivity contribution >= 4 is 58.4 Å². The molecule has 1 aliphatic heterocycles. The number of methoxy groups -OCH3 is 1. The highest BCUT2D eigenvalue weighted by atomic mass is 32.2. The fourth-order valence-electron chi connectivity index (χ4n) is 4.94. The van der Waals surface area contributed by atoms with Crippen molar-refractivity contribution in [2.75, 3.05) is 55.1 Å². The molecule has 13 nitrogen and oxygen atoms in total. The number of aryl methyl sites for hydroxylation is 1. The Kier molecular flexibility index (Phi) is 13.8. The van der Waals surface area contributed by atoms with Gasteiger partial charge in [-0.2, -0.15) is 0 Å². The summed E-state index contributed by atoms with van der Waals surface area (Å²) in [5, 5.41) is 12.2. The minimum atomic E-state index is -0.837. The molecule has 1 aliphatic rings. The lowest BCUT2D eigenvalue weighted by molar-refractivity contribution is -0.140. The number of rotatable bonds is 14. The smallest absolute Gasteiger partial charge is 0.416 e. The van der Waals surface area contributed by atoms with Crippen molar-refractivity contribution in [2.45, 2.75) is 68.7 Å². The van der Waals surface area contributed by atoms with Gasteiger partial charge in [0.1, 0.15) is 23.0 Å². The predicted molar refractivity (Wildman–Crippen MR) is 190 cm³/mol. The van der Waals surface area contributed by atoms with Gasteiger partial charge in [-0.15, -0.1) is 10.2 Å². The predicted octanol–water partition coefficient (Wildman–Crippen LogP) is 6.79. The van der Waals surface area contributed by atoms with Crippen LogP contribution in [0.4, 0.5) is 26.8 Å². The molecule has 0 saturated carbocycles. The van der Waals surface area contributed by atoms with Gasteiger partial charge in [-0.3, -0.25) is 15.0 Å². The Hall–Kier alpha value is -4.21. The number of thioether (sulfide) groups is 1. The summed E-state index contributed by atoms with van der Waals surface area (Å²) in [6.07, 6.45) is 1.15. The first-order chi connectivity index (χ1) is 23.5. The Morgan fingerprint density at radius 1 is 1.18 bits per heavy atom. The summed E-state index contributed by atoms with van der Waals surface area (Å²) in [4.78, 5) is 47.8. The topological polar surface area (TPSA) is 145 Å². The van der Waals surface area contributed by atoms with E-state index in [2.05, 4.69) is 27.0 Å². The van der Waals surface area contributed by atoms with Gasteiger partial charge in [0.2, 0.25) is 0 Å². The lowest BCUT2D eigenvalue weighted by Gasteiger charge is -2.35. The summed E-state index contributed by atoms with van der Waals surface area (Å²) in [5.41, 5.74) is 1.82. The van der Waals surface area contributed by atoms with Crippen LogP contribution in [-0.4, -0.2) is 79.0 Å². The monoisotopic (exact) mass is 712 g/mol. The molecule has 1 N–H and O–H groups in total. The van der Waals surface area contributed by atoms with Crippen LogP contribution in [-0.2, 0) is 35.9 Å². The van der Waals surface area contributed by atoms with Crippen molar-refractivity contribution in [1.29, 1.82) is 0 Å². The highest BCUT2D eigenvalue weighted by Crippen LogP contribution is 2.36. The summed E-state index contributed by atoms with van der Waals surface area (Å²) in [6, 6.07) is 10.1. The molecule has 49 heavy (non-hydrogen) atoms. The first kappa shape index (κ1) is 37.6. The standard InChI is InChI=1S/C34H44N6O7S2/c1-7-16-46-31(42)36-24-11-9-10-23(19-24)27(12-13-30(41)44-6)40(33(43)47-34(3,4)5)28-21-26(39-14-17-45-18-15-39)20-25(35-28)22-48-32-38-37-29(8-2)49-32/h7,9-11,19-21,27H,1,8,12-18,22H2,2-6H3,(H,36,42). The van der Waals surface area contributed by atoms with Crippen LogP contribution in [0.2, 0.25) is 0 Å². The van der Waals surface area contributed by atoms with Gasteiger partial charge in [0.15, 0.2) is 4.34 Å². The number of benzene rings is 1. The van der Waals surface area contributed by atoms with Gasteiger partial charge in [0.05, 0.1) is 32.1 Å². The molecule has 3 aromatic rings. The summed E-state index contributed by atoms with van der Waals surface area (Å²) in [5.74, 6) is 0.385. The first-order valence-electron chi connectivity index (χ1n) is 16.0. The molecule has 0 spiro atoms. The molecule has 1 saturated heterocycles. The maximum atomic E-state index is 14.3. The van der Waals surface area contributed by atoms with Crippen molar-refractivity contribution in [3.63, 3.8) is 0 Å². The molecule has 1 aromatic carbocycles. The van der Waals surface area contributed by atoms with Crippen LogP contribution in [0.25, 0.3) is 0 Å². The van der Waals surface area contributed by atoms with Gasteiger partial charge >= 0.3 is 18.2 Å². The van der Waals surface area contributed by atoms with Gasteiger partial charge in [0.25, 0.3) is 0 Å². The normalized spacial score (nSPS) is 13.7. The summed E-state index contributed by atoms with van der Waals surface area (Å²) in [7, 11) is 1.32. The molecule has 1 fully saturated rings. The lowest BCUT2D eigenvalue weighted by Crippen LogP contribution is -2.41. The third kappa shape index (κ3) is 11.4. The number of amides is 2. The molecule has 4 rings (SSSR count). The molecule has 0 bridgehead atoms. The van der Waals surface area contributed by atoms with Crippen molar-refractivity contribution in [1.82, 2.24) is 15.2 Å². The minimum absolute atomic E-state index is 0.00215. The maximum absolute atomic E-state index is 14.3. The van der Waals surface area contributed by atoms with Gasteiger partial charge in [0, 0.05) is 42.7 Å². The number of aromatic nitrogens is 3. The molecule has 3 heterocycles. The van der Waals surface area contributed by atoms with Crippen LogP contribution in [0.3, 0.4) is 0 Å². The third-order valence-corrected chi connectivity index (χ3v) is 9.40. The van der Waals surface area contributed by atoms with Gasteiger partial charge in [-0.1, -0.05) is 54.8 Å². The average molecular weight is 713 g/mol. The Bertz CT molecular complexity index is 1590. The number of nitrogens with one attached hydrogen (secondary N) is 1. The van der Waals surface area contributed by atoms with E-state index >= 15 is 0 Å². The molecular weight excluding hydrogens is 669 g/mol. The van der Waals surface area contributed by atoms with E-state index in [1.165, 1.54) is 29.8 Å². The maximum Gasteiger partial charge on any atom is 0.416 e. The fraction of sp³-hybridized carbons (Fsp3) is 0.471. The van der Waals surface area contributed by atoms with Crippen molar-refractivity contribution in [2.24, 2.45) is 0 Å². The highest BCUT2D eigenvalue weighted by molar-refractivity contribution is 8.00. The van der Waals surface area contributed by atoms with Gasteiger partial charge in [-0.05, 0) is 57.4 Å². The van der Waals surface area contributed by atoms with Crippen LogP contribution in [0.15, 0.2) is 53.4 Å². The first-order valence-corrected chi connectivity index (χ1v) is 17.8. The van der Waals surface area contributed by atoms with E-state index < -0.39 is 29.8 Å². The zero-order valence-corrected chi connectivity index (χ0v) is 30.2. The van der Waals surface area contributed by atoms with E-state index in [1.54, 1.807) is 50.3 Å². The van der Waals surface area contributed by atoms with Crippen molar-refractivity contribution < 1.29 is 33.3 Å². The summed E-state index contributed by atoms with van der Waals surface area (Å²) < 4.78 is 22.5. The number of pyridine rings is 1. The second kappa shape index (κ2) is 18.0. The molecule has 1 unspecified atom stereocenters. The molecule has 264 valence electrons. The third-order valence-electron chi connectivity index (χ3n) is 7.17. The van der Waals surface area contributed by atoms with E-state index in [0.29, 0.717) is 49.1 Å². The molecule has 1 atom stereocenters. The molecule has 0 radical (unpaired) electrons. The van der Waals surface area contributed by atoms with E-state index in [-0.39, 0.29) is 19.4 Å². The Balaban J connectivity index is 1.82. The van der Waals surface area contributed by atoms with Crippen LogP contribution >= 0.6 is 23.1 Å². The highest BCUT2D eigenvalue weighted by Gasteiger charge is 2.33. The number of hydrogen-bond acceptors (Lipinski definition) is 13. The number of hydrogen-bond donors (Lipinski definition) is 1. The van der Waals surface area contributed by atoms with Crippen LogP contribution < -0.4 is 15.1 Å². The molecule has 0 aliphatic carbocycles. The van der Waals surface area contributed by atoms with E-state index in [9.17, 15) is 14.4 Å². The Morgan fingerprint density at radius 2 is 1.96 bits per heavy atom.